The number of nitrogens with one attached hydrogen (secondary N) is 1. The number of hydrazine groups is 2. The van der Waals surface area contributed by atoms with Gasteiger partial charge in [0.1, 0.15) is 0 Å². The Balaban J connectivity index is 2.33. The standard InChI is InChI=1S/C21H45N3/c1-4-7-10-13-16-21-19-23(17-14-11-8-5-2)22-24(20-21)18-15-12-9-6-3/h21-22H,4-20H2,1-3H3. The Morgan fingerprint density at radius 1 is 0.625 bits per heavy atom. The van der Waals surface area contributed by atoms with Crippen LogP contribution >= 0.6 is 0 Å². The van der Waals surface area contributed by atoms with Crippen LogP contribution in [0.2, 0.25) is 0 Å². The number of hydrogen-bond acceptors (Lipinski definition) is 3. The van der Waals surface area contributed by atoms with Crippen molar-refractivity contribution in [3.63, 3.8) is 0 Å². The Morgan fingerprint density at radius 3 is 1.54 bits per heavy atom. The summed E-state index contributed by atoms with van der Waals surface area (Å²) in [6, 6.07) is 0. The molecule has 1 N–H and O–H groups in total. The largest absolute Gasteiger partial charge is 0.230 e. The van der Waals surface area contributed by atoms with Gasteiger partial charge < -0.3 is 0 Å². The lowest BCUT2D eigenvalue weighted by molar-refractivity contribution is -0.0471. The molecule has 3 heteroatoms. The number of unbranched alkanes of at least 4 members (excludes halogenated alkanes) is 9. The van der Waals surface area contributed by atoms with Crippen LogP contribution in [0.25, 0.3) is 0 Å². The summed E-state index contributed by atoms with van der Waals surface area (Å²) >= 11 is 0. The molecule has 0 aromatic heterocycles. The maximum Gasteiger partial charge on any atom is 0.0185 e. The van der Waals surface area contributed by atoms with E-state index in [-0.39, 0.29) is 0 Å². The molecule has 3 nitrogen and oxygen atoms in total. The van der Waals surface area contributed by atoms with Crippen LogP contribution in [-0.2, 0) is 0 Å². The molecule has 1 heterocycles. The predicted molar refractivity (Wildman–Crippen MR) is 107 cm³/mol. The molecule has 0 amide bonds. The molecule has 1 aliphatic rings. The van der Waals surface area contributed by atoms with Crippen LogP contribution in [0.1, 0.15) is 104 Å². The lowest BCUT2D eigenvalue weighted by atomic mass is 9.99. The van der Waals surface area contributed by atoms with E-state index in [1.54, 1.807) is 0 Å². The van der Waals surface area contributed by atoms with E-state index in [1.165, 1.54) is 110 Å². The van der Waals surface area contributed by atoms with E-state index in [1.807, 2.05) is 0 Å². The SMILES string of the molecule is CCCCCCC1CN(CCCCCC)NN(CCCCCC)C1. The molecule has 0 unspecified atom stereocenters. The van der Waals surface area contributed by atoms with Crippen LogP contribution in [0.4, 0.5) is 0 Å². The Bertz CT molecular complexity index is 221. The lowest BCUT2D eigenvalue weighted by Crippen LogP contribution is -2.58. The summed E-state index contributed by atoms with van der Waals surface area (Å²) in [6.07, 6.45) is 17.9. The van der Waals surface area contributed by atoms with Gasteiger partial charge >= 0.3 is 0 Å². The molecule has 1 saturated heterocycles. The van der Waals surface area contributed by atoms with Crippen molar-refractivity contribution in [1.29, 1.82) is 0 Å². The molecular weight excluding hydrogens is 294 g/mol. The molecule has 0 radical (unpaired) electrons. The molecule has 0 atom stereocenters. The van der Waals surface area contributed by atoms with E-state index in [0.717, 1.165) is 5.92 Å². The highest BCUT2D eigenvalue weighted by molar-refractivity contribution is 4.73. The maximum atomic E-state index is 3.71. The number of hydrogen-bond donors (Lipinski definition) is 1. The Morgan fingerprint density at radius 2 is 1.08 bits per heavy atom. The van der Waals surface area contributed by atoms with Crippen molar-refractivity contribution in [2.45, 2.75) is 104 Å². The topological polar surface area (TPSA) is 18.5 Å². The van der Waals surface area contributed by atoms with Gasteiger partial charge in [0.2, 0.25) is 0 Å². The van der Waals surface area contributed by atoms with E-state index in [9.17, 15) is 0 Å². The molecule has 1 aliphatic heterocycles. The zero-order chi connectivity index (χ0) is 17.5. The second-order valence-electron chi connectivity index (χ2n) is 7.83. The maximum absolute atomic E-state index is 3.71. The molecule has 144 valence electrons. The summed E-state index contributed by atoms with van der Waals surface area (Å²) < 4.78 is 0. The monoisotopic (exact) mass is 339 g/mol. The van der Waals surface area contributed by atoms with Gasteiger partial charge in [0.15, 0.2) is 0 Å². The average molecular weight is 340 g/mol. The smallest absolute Gasteiger partial charge is 0.0185 e. The van der Waals surface area contributed by atoms with Crippen molar-refractivity contribution in [1.82, 2.24) is 15.6 Å². The summed E-state index contributed by atoms with van der Waals surface area (Å²) in [5.74, 6) is 0.862. The highest BCUT2D eigenvalue weighted by Crippen LogP contribution is 2.18. The minimum Gasteiger partial charge on any atom is -0.230 e. The van der Waals surface area contributed by atoms with Crippen LogP contribution in [-0.4, -0.2) is 36.2 Å². The Labute approximate surface area is 152 Å². The second-order valence-corrected chi connectivity index (χ2v) is 7.83. The fourth-order valence-corrected chi connectivity index (χ4v) is 3.75. The zero-order valence-electron chi connectivity index (χ0n) is 17.0. The lowest BCUT2D eigenvalue weighted by Gasteiger charge is -2.41. The molecule has 0 saturated carbocycles. The summed E-state index contributed by atoms with van der Waals surface area (Å²) in [7, 11) is 0. The second kappa shape index (κ2) is 15.2. The molecule has 1 rings (SSSR count). The van der Waals surface area contributed by atoms with Crippen molar-refractivity contribution in [2.24, 2.45) is 5.92 Å². The van der Waals surface area contributed by atoms with E-state index in [4.69, 9.17) is 0 Å². The van der Waals surface area contributed by atoms with Gasteiger partial charge in [-0.2, -0.15) is 5.53 Å². The van der Waals surface area contributed by atoms with Gasteiger partial charge in [0.25, 0.3) is 0 Å². The summed E-state index contributed by atoms with van der Waals surface area (Å²) in [5, 5.41) is 5.03. The van der Waals surface area contributed by atoms with Gasteiger partial charge in [-0.1, -0.05) is 85.0 Å². The first-order chi connectivity index (χ1) is 11.8. The first-order valence-electron chi connectivity index (χ1n) is 11.1. The Kier molecular flexibility index (Phi) is 13.8. The van der Waals surface area contributed by atoms with E-state index in [2.05, 4.69) is 36.3 Å². The van der Waals surface area contributed by atoms with Gasteiger partial charge in [0.05, 0.1) is 0 Å². The fraction of sp³-hybridized carbons (Fsp3) is 1.00. The highest BCUT2D eigenvalue weighted by Gasteiger charge is 2.24. The molecule has 0 aliphatic carbocycles. The van der Waals surface area contributed by atoms with Crippen LogP contribution in [0.15, 0.2) is 0 Å². The third-order valence-corrected chi connectivity index (χ3v) is 5.27. The summed E-state index contributed by atoms with van der Waals surface area (Å²) in [5.41, 5.74) is 3.71. The molecular formula is C21H45N3. The summed E-state index contributed by atoms with van der Waals surface area (Å²) in [6.45, 7) is 11.8. The van der Waals surface area contributed by atoms with Crippen LogP contribution < -0.4 is 5.53 Å². The average Bonchev–Trinajstić information content (AvgIpc) is 2.59. The minimum absolute atomic E-state index is 0.862. The molecule has 0 spiro atoms. The quantitative estimate of drug-likeness (QED) is 0.382. The van der Waals surface area contributed by atoms with E-state index < -0.39 is 0 Å². The number of rotatable bonds is 15. The normalized spacial score (nSPS) is 17.6. The zero-order valence-corrected chi connectivity index (χ0v) is 17.0. The van der Waals surface area contributed by atoms with Gasteiger partial charge in [-0.15, -0.1) is 0 Å². The van der Waals surface area contributed by atoms with Crippen molar-refractivity contribution in [3.8, 4) is 0 Å². The van der Waals surface area contributed by atoms with Gasteiger partial charge in [0, 0.05) is 26.2 Å². The molecule has 0 aromatic rings. The van der Waals surface area contributed by atoms with Gasteiger partial charge in [-0.05, 0) is 25.2 Å². The number of nitrogens with zero attached hydrogens (tertiary/aromatic N) is 2. The van der Waals surface area contributed by atoms with Crippen LogP contribution in [0.3, 0.4) is 0 Å². The third-order valence-electron chi connectivity index (χ3n) is 5.27. The van der Waals surface area contributed by atoms with Crippen molar-refractivity contribution in [2.75, 3.05) is 26.2 Å². The van der Waals surface area contributed by atoms with E-state index in [0.29, 0.717) is 0 Å². The van der Waals surface area contributed by atoms with Crippen LogP contribution in [0, 0.1) is 5.92 Å². The molecule has 24 heavy (non-hydrogen) atoms. The molecule has 0 aromatic carbocycles. The van der Waals surface area contributed by atoms with Crippen molar-refractivity contribution < 1.29 is 0 Å². The molecule has 1 fully saturated rings. The van der Waals surface area contributed by atoms with Crippen molar-refractivity contribution >= 4 is 0 Å². The van der Waals surface area contributed by atoms with Gasteiger partial charge in [-0.3, -0.25) is 0 Å². The van der Waals surface area contributed by atoms with E-state index >= 15 is 0 Å². The minimum atomic E-state index is 0.862. The van der Waals surface area contributed by atoms with Crippen LogP contribution in [0.5, 0.6) is 0 Å². The Hall–Kier alpha value is -0.120. The third kappa shape index (κ3) is 10.7. The first kappa shape index (κ1) is 21.9. The highest BCUT2D eigenvalue weighted by atomic mass is 15.8. The fourth-order valence-electron chi connectivity index (χ4n) is 3.75. The molecule has 0 bridgehead atoms. The van der Waals surface area contributed by atoms with Crippen molar-refractivity contribution in [3.05, 3.63) is 0 Å². The summed E-state index contributed by atoms with van der Waals surface area (Å²) in [4.78, 5) is 0. The first-order valence-corrected chi connectivity index (χ1v) is 11.1. The van der Waals surface area contributed by atoms with Gasteiger partial charge in [-0.25, -0.2) is 10.0 Å². The predicted octanol–water partition coefficient (Wildman–Crippen LogP) is 5.77.